The fourth-order valence-electron chi connectivity index (χ4n) is 10.6. The highest BCUT2D eigenvalue weighted by molar-refractivity contribution is 6.02. The van der Waals surface area contributed by atoms with E-state index < -0.39 is 53.9 Å². The molecule has 0 saturated carbocycles. The molecule has 24 nitrogen and oxygen atoms in total. The van der Waals surface area contributed by atoms with E-state index in [-0.39, 0.29) is 94.0 Å². The van der Waals surface area contributed by atoms with Crippen LogP contribution in [0.25, 0.3) is 0 Å². The van der Waals surface area contributed by atoms with Crippen molar-refractivity contribution in [3.05, 3.63) is 48.6 Å². The normalized spacial score (nSPS) is 16.4. The number of unbranched alkanes of at least 4 members (excludes halogenated alkanes) is 23. The summed E-state index contributed by atoms with van der Waals surface area (Å²) in [6.07, 6.45) is 55.8. The van der Waals surface area contributed by atoms with Crippen molar-refractivity contribution in [3.63, 3.8) is 0 Å². The van der Waals surface area contributed by atoms with Gasteiger partial charge < -0.3 is 47.9 Å². The van der Waals surface area contributed by atoms with Gasteiger partial charge in [-0.25, -0.2) is 14.4 Å². The minimum Gasteiger partial charge on any atom is -0.356 e. The Bertz CT molecular complexity index is 2470. The average Bonchev–Trinajstić information content (AvgIpc) is 0.872. The molecule has 15 amide bonds. The number of likely N-dealkylation sites (N-methyl/N-ethyl adjacent to an activating group) is 3. The van der Waals surface area contributed by atoms with Crippen LogP contribution < -0.4 is 47.9 Å². The Kier molecular flexibility index (Phi) is 52.9. The van der Waals surface area contributed by atoms with Gasteiger partial charge >= 0.3 is 18.1 Å². The molecule has 3 fully saturated rings. The summed E-state index contributed by atoms with van der Waals surface area (Å²) in [7, 11) is 4.09. The SMILES string of the molecule is CC(C)CCC/C=C\CCCCCCCC(=O)NCCC(=O)N[C@@H]1CNC(=O)N(C)C1=O.CCCCC/C=C\C/C=C\CCCCCCCC(=O)NCCC(=O)N[C@@H]1CNC(=O)N(C)C1=O.CCCCCC/C=C\CCCCCCCC(=O)NCCC(=O)N[C@@H]1CNC(=O)N(C)C1=O. The standard InChI is InChI=1S/C26H44N4O4.2C24H42N4O4/c1-3-4-5-6-7-8-9-10-11-12-13-14-15-16-17-18-23(31)27-20-19-24(32)29-22-21-28-26(34)30(2)25(22)33;1-19(2)14-12-10-8-6-4-5-7-9-11-13-15-21(29)25-17-16-22(30)27-20-18-26-24(32)28(3)23(20)31;1-3-4-5-6-7-8-9-10-11-12-13-14-15-16-21(29)25-18-17-22(30)27-20-19-26-24(32)28(2)23(20)31/h7-8,10-11,22H,3-6,9,12-21H2,1-2H3,(H,27,31)(H,28,34)(H,29,32);6,8,19-20H,4-5,7,9-18H2,1-3H3,(H,25,29)(H,26,32)(H,27,30);8-9,20H,3-7,10-19H2,1-2H3,(H,25,29)(H,26,32)(H,27,30)/b8-7-,11-10-;8-6-;9-8-/t22-;2*20-/m111/s1. The number of nitrogens with one attached hydrogen (secondary N) is 9. The largest absolute Gasteiger partial charge is 0.356 e. The van der Waals surface area contributed by atoms with E-state index in [0.717, 1.165) is 104 Å². The third-order valence-electron chi connectivity index (χ3n) is 16.8. The maximum absolute atomic E-state index is 12.0. The highest BCUT2D eigenvalue weighted by Gasteiger charge is 2.34. The highest BCUT2D eigenvalue weighted by atomic mass is 16.2. The second-order valence-corrected chi connectivity index (χ2v) is 26.1. The maximum Gasteiger partial charge on any atom is 0.323 e. The number of hydrogen-bond acceptors (Lipinski definition) is 12. The van der Waals surface area contributed by atoms with Crippen molar-refractivity contribution in [2.45, 2.75) is 283 Å². The predicted molar refractivity (Wildman–Crippen MR) is 387 cm³/mol. The topological polar surface area (TPSA) is 323 Å². The van der Waals surface area contributed by atoms with Gasteiger partial charge in [0.15, 0.2) is 0 Å². The number of amides is 15. The van der Waals surface area contributed by atoms with Gasteiger partial charge in [-0.15, -0.1) is 0 Å². The molecule has 556 valence electrons. The molecule has 0 aliphatic carbocycles. The fourth-order valence-corrected chi connectivity index (χ4v) is 10.6. The zero-order valence-corrected chi connectivity index (χ0v) is 61.1. The van der Waals surface area contributed by atoms with Crippen molar-refractivity contribution in [1.82, 2.24) is 62.6 Å². The summed E-state index contributed by atoms with van der Waals surface area (Å²) in [5.74, 6) is -1.69. The van der Waals surface area contributed by atoms with Crippen molar-refractivity contribution in [2.75, 3.05) is 60.4 Å². The Labute approximate surface area is 587 Å². The van der Waals surface area contributed by atoms with Crippen molar-refractivity contribution < 1.29 is 57.5 Å². The Balaban J connectivity index is 0.000000735. The van der Waals surface area contributed by atoms with Gasteiger partial charge in [-0.3, -0.25) is 57.9 Å². The number of imide groups is 3. The Hall–Kier alpha value is -7.40. The highest BCUT2D eigenvalue weighted by Crippen LogP contribution is 2.13. The van der Waals surface area contributed by atoms with Crippen molar-refractivity contribution in [2.24, 2.45) is 5.92 Å². The van der Waals surface area contributed by atoms with Crippen molar-refractivity contribution in [1.29, 1.82) is 0 Å². The Morgan fingerprint density at radius 1 is 0.357 bits per heavy atom. The second-order valence-electron chi connectivity index (χ2n) is 26.1. The molecule has 24 heteroatoms. The van der Waals surface area contributed by atoms with E-state index in [9.17, 15) is 57.5 Å². The zero-order chi connectivity index (χ0) is 72.4. The van der Waals surface area contributed by atoms with Crippen LogP contribution in [0.2, 0.25) is 0 Å². The lowest BCUT2D eigenvalue weighted by Crippen LogP contribution is -2.61. The van der Waals surface area contributed by atoms with E-state index in [1.807, 2.05) is 0 Å². The first kappa shape index (κ1) is 88.6. The molecule has 0 aromatic heterocycles. The Morgan fingerprint density at radius 3 is 0.918 bits per heavy atom. The van der Waals surface area contributed by atoms with Gasteiger partial charge in [-0.1, -0.05) is 173 Å². The molecule has 3 heterocycles. The van der Waals surface area contributed by atoms with Crippen LogP contribution in [0.15, 0.2) is 48.6 Å². The molecule has 0 aromatic carbocycles. The van der Waals surface area contributed by atoms with Gasteiger partial charge in [0.1, 0.15) is 18.1 Å². The molecule has 0 spiro atoms. The molecule has 3 aliphatic rings. The van der Waals surface area contributed by atoms with Gasteiger partial charge in [0, 0.05) is 98.9 Å². The minimum absolute atomic E-state index is 0.0513. The molecule has 98 heavy (non-hydrogen) atoms. The van der Waals surface area contributed by atoms with Crippen LogP contribution in [0.5, 0.6) is 0 Å². The summed E-state index contributed by atoms with van der Waals surface area (Å²) >= 11 is 0. The number of carbonyl (C=O) groups excluding carboxylic acids is 12. The second kappa shape index (κ2) is 58.6. The monoisotopic (exact) mass is 1380 g/mol. The first-order valence-electron chi connectivity index (χ1n) is 37.2. The molecule has 3 aliphatic heterocycles. The van der Waals surface area contributed by atoms with Crippen molar-refractivity contribution >= 4 is 71.3 Å². The van der Waals surface area contributed by atoms with E-state index >= 15 is 0 Å². The summed E-state index contributed by atoms with van der Waals surface area (Å²) in [6.45, 7) is 9.91. The van der Waals surface area contributed by atoms with Crippen LogP contribution in [-0.4, -0.2) is 164 Å². The minimum atomic E-state index is -0.765. The number of nitrogens with zero attached hydrogens (tertiary/aromatic N) is 3. The summed E-state index contributed by atoms with van der Waals surface area (Å²) < 4.78 is 0. The number of allylic oxidation sites excluding steroid dienone is 8. The van der Waals surface area contributed by atoms with E-state index in [1.54, 1.807) is 0 Å². The predicted octanol–water partition coefficient (Wildman–Crippen LogP) is 10.7. The third kappa shape index (κ3) is 46.7. The first-order valence-corrected chi connectivity index (χ1v) is 37.2. The van der Waals surface area contributed by atoms with Gasteiger partial charge in [-0.05, 0) is 109 Å². The van der Waals surface area contributed by atoms with Crippen LogP contribution in [0.3, 0.4) is 0 Å². The molecule has 3 rings (SSSR count). The van der Waals surface area contributed by atoms with Gasteiger partial charge in [-0.2, -0.15) is 0 Å². The number of rotatable bonds is 51. The quantitative estimate of drug-likeness (QED) is 0.0203. The number of carbonyl (C=O) groups is 12. The van der Waals surface area contributed by atoms with Gasteiger partial charge in [0.2, 0.25) is 35.4 Å². The lowest BCUT2D eigenvalue weighted by molar-refractivity contribution is -0.134. The smallest absolute Gasteiger partial charge is 0.323 e. The maximum atomic E-state index is 12.0. The summed E-state index contributed by atoms with van der Waals surface area (Å²) in [4.78, 5) is 144. The first-order chi connectivity index (χ1) is 47.2. The lowest BCUT2D eigenvalue weighted by Gasteiger charge is -2.29. The van der Waals surface area contributed by atoms with Crippen LogP contribution in [0.4, 0.5) is 14.4 Å². The van der Waals surface area contributed by atoms with E-state index in [1.165, 1.54) is 137 Å². The zero-order valence-electron chi connectivity index (χ0n) is 61.1. The molecule has 0 unspecified atom stereocenters. The molecule has 0 radical (unpaired) electrons. The summed E-state index contributed by atoms with van der Waals surface area (Å²) in [6, 6.07) is -3.71. The number of urea groups is 3. The van der Waals surface area contributed by atoms with Gasteiger partial charge in [0.25, 0.3) is 17.7 Å². The van der Waals surface area contributed by atoms with Crippen LogP contribution in [0, 0.1) is 5.92 Å². The van der Waals surface area contributed by atoms with E-state index in [2.05, 4.69) is 124 Å². The fraction of sp³-hybridized carbons (Fsp3) is 0.730. The molecule has 0 bridgehead atoms. The van der Waals surface area contributed by atoms with E-state index in [0.29, 0.717) is 19.3 Å². The molecule has 9 N–H and O–H groups in total. The molecular formula is C74H128N12O12. The number of hydrogen-bond donors (Lipinski definition) is 9. The lowest BCUT2D eigenvalue weighted by atomic mass is 10.1. The molecule has 3 atom stereocenters. The average molecular weight is 1380 g/mol. The van der Waals surface area contributed by atoms with Crippen LogP contribution in [0.1, 0.15) is 265 Å². The molecule has 3 saturated heterocycles. The van der Waals surface area contributed by atoms with Gasteiger partial charge in [0.05, 0.1) is 0 Å². The van der Waals surface area contributed by atoms with Crippen molar-refractivity contribution in [3.8, 4) is 0 Å². The van der Waals surface area contributed by atoms with Crippen LogP contribution in [-0.2, 0) is 43.2 Å². The third-order valence-corrected chi connectivity index (χ3v) is 16.8. The molecular weight excluding hydrogens is 1250 g/mol. The van der Waals surface area contributed by atoms with E-state index in [4.69, 9.17) is 0 Å². The molecule has 0 aromatic rings. The summed E-state index contributed by atoms with van der Waals surface area (Å²) in [5.41, 5.74) is 0. The Morgan fingerprint density at radius 2 is 0.612 bits per heavy atom. The summed E-state index contributed by atoms with van der Waals surface area (Å²) in [5, 5.41) is 23.6. The van der Waals surface area contributed by atoms with Crippen LogP contribution >= 0.6 is 0 Å².